The molecular weight excluding hydrogens is 488 g/mol. The van der Waals surface area contributed by atoms with Crippen LogP contribution in [0.1, 0.15) is 23.1 Å². The molecule has 0 aliphatic heterocycles. The van der Waals surface area contributed by atoms with Crippen LogP contribution in [0, 0.1) is 6.92 Å². The van der Waals surface area contributed by atoms with Gasteiger partial charge in [0, 0.05) is 4.90 Å². The molecular formula is C38H32S. The van der Waals surface area contributed by atoms with Crippen molar-refractivity contribution in [3.63, 3.8) is 0 Å². The van der Waals surface area contributed by atoms with Crippen molar-refractivity contribution in [1.82, 2.24) is 0 Å². The number of hydrogen-bond donors (Lipinski definition) is 0. The van der Waals surface area contributed by atoms with Gasteiger partial charge in [-0.25, -0.2) is 0 Å². The van der Waals surface area contributed by atoms with Gasteiger partial charge in [0.05, 0.1) is 0 Å². The van der Waals surface area contributed by atoms with Gasteiger partial charge >= 0.3 is 0 Å². The van der Waals surface area contributed by atoms with Crippen molar-refractivity contribution in [2.75, 3.05) is 6.26 Å². The maximum Gasteiger partial charge on any atom is 0.00878 e. The third-order valence-electron chi connectivity index (χ3n) is 7.86. The molecule has 190 valence electrons. The van der Waals surface area contributed by atoms with Crippen LogP contribution >= 0.6 is 10.5 Å². The molecule has 0 spiro atoms. The van der Waals surface area contributed by atoms with E-state index in [1.807, 2.05) is 12.2 Å². The van der Waals surface area contributed by atoms with Crippen LogP contribution in [0.5, 0.6) is 0 Å². The smallest absolute Gasteiger partial charge is 0.00878 e. The lowest BCUT2D eigenvalue weighted by Gasteiger charge is -2.22. The molecule has 0 radical (unpaired) electrons. The standard InChI is InChI=1S/C38H32S/c1-6-26-27(7-2)38(35-23-24-36(39(4)5)31-18-12-11-17-30(31)35)33-20-14-13-19-32(33)37(26)34-22-21-25(3)28-15-9-8-10-16-29(28)34/h6-8,10-24H,1-2,4,9H2,3,5H3. The van der Waals surface area contributed by atoms with Gasteiger partial charge in [-0.3, -0.25) is 0 Å². The molecule has 5 aromatic carbocycles. The molecule has 0 bridgehead atoms. The fourth-order valence-corrected chi connectivity index (χ4v) is 6.97. The van der Waals surface area contributed by atoms with E-state index in [0.29, 0.717) is 0 Å². The zero-order chi connectivity index (χ0) is 27.1. The lowest BCUT2D eigenvalue weighted by Crippen LogP contribution is -2.29. The molecule has 1 atom stereocenters. The maximum atomic E-state index is 4.35. The zero-order valence-electron chi connectivity index (χ0n) is 22.6. The fraction of sp³-hybridized carbons (Fsp3) is 0.0789. The number of fused-ring (bicyclic) bond motifs is 3. The highest BCUT2D eigenvalue weighted by Gasteiger charge is 2.21. The first-order valence-corrected chi connectivity index (χ1v) is 15.1. The Hall–Kier alpha value is -4.20. The van der Waals surface area contributed by atoms with Gasteiger partial charge in [-0.05, 0) is 96.6 Å². The van der Waals surface area contributed by atoms with E-state index in [9.17, 15) is 0 Å². The van der Waals surface area contributed by atoms with Crippen LogP contribution < -0.4 is 10.4 Å². The molecule has 0 saturated carbocycles. The molecule has 0 N–H and O–H groups in total. The molecule has 0 saturated heterocycles. The first-order valence-electron chi connectivity index (χ1n) is 13.3. The summed E-state index contributed by atoms with van der Waals surface area (Å²) in [5.74, 6) is 4.35. The van der Waals surface area contributed by atoms with Crippen molar-refractivity contribution in [3.8, 4) is 22.3 Å². The molecule has 5 aromatic rings. The van der Waals surface area contributed by atoms with Crippen molar-refractivity contribution in [2.24, 2.45) is 0 Å². The summed E-state index contributed by atoms with van der Waals surface area (Å²) in [4.78, 5) is 1.29. The summed E-state index contributed by atoms with van der Waals surface area (Å²) in [6, 6.07) is 26.6. The molecule has 6 rings (SSSR count). The maximum absolute atomic E-state index is 4.35. The van der Waals surface area contributed by atoms with Crippen molar-refractivity contribution in [3.05, 3.63) is 125 Å². The molecule has 39 heavy (non-hydrogen) atoms. The van der Waals surface area contributed by atoms with Gasteiger partial charge < -0.3 is 0 Å². The highest BCUT2D eigenvalue weighted by molar-refractivity contribution is 8.13. The molecule has 1 heteroatoms. The molecule has 0 aromatic heterocycles. The predicted octanol–water partition coefficient (Wildman–Crippen LogP) is 9.13. The normalized spacial score (nSPS) is 13.3. The van der Waals surface area contributed by atoms with Crippen LogP contribution in [0.3, 0.4) is 0 Å². The van der Waals surface area contributed by atoms with E-state index >= 15 is 0 Å². The van der Waals surface area contributed by atoms with Crippen molar-refractivity contribution >= 4 is 62.2 Å². The van der Waals surface area contributed by atoms with E-state index in [-0.39, 0.29) is 10.5 Å². The summed E-state index contributed by atoms with van der Waals surface area (Å²) in [5, 5.41) is 7.52. The van der Waals surface area contributed by atoms with Gasteiger partial charge in [-0.2, -0.15) is 10.5 Å². The molecule has 1 aliphatic rings. The topological polar surface area (TPSA) is 0 Å². The van der Waals surface area contributed by atoms with Gasteiger partial charge in [0.15, 0.2) is 0 Å². The quantitative estimate of drug-likeness (QED) is 0.203. The highest BCUT2D eigenvalue weighted by Crippen LogP contribution is 2.45. The fourth-order valence-electron chi connectivity index (χ4n) is 6.12. The summed E-state index contributed by atoms with van der Waals surface area (Å²) in [5.41, 5.74) is 8.39. The van der Waals surface area contributed by atoms with Gasteiger partial charge in [0.2, 0.25) is 0 Å². The van der Waals surface area contributed by atoms with Gasteiger partial charge in [-0.15, -0.1) is 0 Å². The molecule has 0 heterocycles. The monoisotopic (exact) mass is 520 g/mol. The van der Waals surface area contributed by atoms with E-state index in [4.69, 9.17) is 0 Å². The van der Waals surface area contributed by atoms with E-state index in [1.54, 1.807) is 0 Å². The Morgan fingerprint density at radius 2 is 1.28 bits per heavy atom. The SMILES string of the molecule is C=Cc1c(C=C)c(-c2ccc(S(=C)C)c3ccccc23)c2ccccc2c1-c1ccc(C)c2c1=CC=CCC=2. The van der Waals surface area contributed by atoms with Crippen molar-refractivity contribution in [2.45, 2.75) is 18.2 Å². The Morgan fingerprint density at radius 1 is 0.692 bits per heavy atom. The Balaban J connectivity index is 1.81. The lowest BCUT2D eigenvalue weighted by atomic mass is 9.81. The van der Waals surface area contributed by atoms with Crippen molar-refractivity contribution in [1.29, 1.82) is 0 Å². The molecule has 1 aliphatic carbocycles. The second-order valence-corrected chi connectivity index (χ2v) is 11.8. The molecule has 0 nitrogen and oxygen atoms in total. The van der Waals surface area contributed by atoms with Crippen LogP contribution in [0.4, 0.5) is 0 Å². The first-order chi connectivity index (χ1) is 19.0. The average Bonchev–Trinajstić information content (AvgIpc) is 3.23. The number of hydrogen-bond acceptors (Lipinski definition) is 0. The number of aryl methyl sites for hydroxylation is 1. The Kier molecular flexibility index (Phi) is 6.54. The second-order valence-electron chi connectivity index (χ2n) is 10.1. The van der Waals surface area contributed by atoms with Crippen molar-refractivity contribution < 1.29 is 0 Å². The van der Waals surface area contributed by atoms with E-state index in [2.05, 4.69) is 129 Å². The summed E-state index contributed by atoms with van der Waals surface area (Å²) in [6.45, 7) is 10.9. The molecule has 1 unspecified atom stereocenters. The van der Waals surface area contributed by atoms with Crippen LogP contribution in [0.25, 0.3) is 68.1 Å². The summed E-state index contributed by atoms with van der Waals surface area (Å²) >= 11 is 0. The average molecular weight is 521 g/mol. The molecule has 0 fully saturated rings. The number of benzene rings is 5. The van der Waals surface area contributed by atoms with Crippen LogP contribution in [0.15, 0.2) is 103 Å². The third kappa shape index (κ3) is 4.06. The van der Waals surface area contributed by atoms with Crippen LogP contribution in [0.2, 0.25) is 0 Å². The first kappa shape index (κ1) is 25.1. The summed E-state index contributed by atoms with van der Waals surface area (Å²) in [7, 11) is -0.0903. The minimum atomic E-state index is -0.0903. The Labute approximate surface area is 233 Å². The third-order valence-corrected chi connectivity index (χ3v) is 8.97. The zero-order valence-corrected chi connectivity index (χ0v) is 23.4. The number of rotatable bonds is 5. The number of allylic oxidation sites excluding steroid dienone is 2. The van der Waals surface area contributed by atoms with E-state index in [1.165, 1.54) is 64.7 Å². The van der Waals surface area contributed by atoms with Gasteiger partial charge in [-0.1, -0.05) is 122 Å². The van der Waals surface area contributed by atoms with E-state index < -0.39 is 0 Å². The highest BCUT2D eigenvalue weighted by atomic mass is 32.2. The van der Waals surface area contributed by atoms with Crippen LogP contribution in [-0.4, -0.2) is 12.1 Å². The molecule has 0 amide bonds. The minimum Gasteiger partial charge on any atom is -0.165 e. The summed E-state index contributed by atoms with van der Waals surface area (Å²) in [6.07, 6.45) is 16.2. The largest absolute Gasteiger partial charge is 0.165 e. The Morgan fingerprint density at radius 3 is 1.92 bits per heavy atom. The van der Waals surface area contributed by atoms with Gasteiger partial charge in [0.25, 0.3) is 0 Å². The predicted molar refractivity (Wildman–Crippen MR) is 178 cm³/mol. The lowest BCUT2D eigenvalue weighted by molar-refractivity contribution is 1.35. The summed E-state index contributed by atoms with van der Waals surface area (Å²) < 4.78 is 0. The minimum absolute atomic E-state index is 0.0903. The van der Waals surface area contributed by atoms with Gasteiger partial charge in [0.1, 0.15) is 0 Å². The Bertz CT molecular complexity index is 2000. The van der Waals surface area contributed by atoms with Crippen LogP contribution in [-0.2, 0) is 0 Å². The second kappa shape index (κ2) is 10.2. The van der Waals surface area contributed by atoms with E-state index in [0.717, 1.165) is 17.5 Å².